The number of carbonyl (C=O) groups excluding carboxylic acids is 3. The number of hydrogen-bond donors (Lipinski definition) is 1. The molecule has 0 bridgehead atoms. The SMILES string of the molecule is [2H]C(CCC(=O)OC(C)(C)C)(C(N)=O)N1Cc2c(OCc3cc(CN4CCOCC4)ccc3F)cccc2C1=O. The van der Waals surface area contributed by atoms with E-state index < -0.39 is 35.2 Å². The van der Waals surface area contributed by atoms with Crippen LogP contribution in [0.3, 0.4) is 0 Å². The molecule has 210 valence electrons. The Hall–Kier alpha value is -3.50. The maximum absolute atomic E-state index is 14.7. The molecule has 9 nitrogen and oxygen atoms in total. The van der Waals surface area contributed by atoms with Crippen molar-refractivity contribution in [2.24, 2.45) is 5.73 Å². The van der Waals surface area contributed by atoms with Crippen LogP contribution in [-0.2, 0) is 38.8 Å². The molecule has 0 saturated carbocycles. The molecule has 1 fully saturated rings. The van der Waals surface area contributed by atoms with Crippen LogP contribution >= 0.6 is 0 Å². The number of halogens is 1. The molecule has 39 heavy (non-hydrogen) atoms. The Balaban J connectivity index is 1.48. The molecule has 0 radical (unpaired) electrons. The molecule has 1 atom stereocenters. The molecule has 2 aromatic rings. The highest BCUT2D eigenvalue weighted by molar-refractivity contribution is 6.01. The summed E-state index contributed by atoms with van der Waals surface area (Å²) in [6.45, 7) is 8.56. The van der Waals surface area contributed by atoms with Crippen LogP contribution in [0.4, 0.5) is 4.39 Å². The number of primary amides is 1. The molecule has 4 rings (SSSR count). The number of carbonyl (C=O) groups is 3. The number of morpholine rings is 1. The van der Waals surface area contributed by atoms with Gasteiger partial charge in [0.1, 0.15) is 29.8 Å². The highest BCUT2D eigenvalue weighted by Crippen LogP contribution is 2.33. The lowest BCUT2D eigenvalue weighted by molar-refractivity contribution is -0.155. The predicted octanol–water partition coefficient (Wildman–Crippen LogP) is 3.17. The van der Waals surface area contributed by atoms with Crippen molar-refractivity contribution in [3.8, 4) is 5.75 Å². The number of benzene rings is 2. The van der Waals surface area contributed by atoms with Gasteiger partial charge in [-0.05, 0) is 57.0 Å². The third-order valence-electron chi connectivity index (χ3n) is 6.52. The first-order chi connectivity index (χ1) is 18.9. The van der Waals surface area contributed by atoms with Crippen LogP contribution in [0.2, 0.25) is 0 Å². The molecule has 0 aliphatic carbocycles. The van der Waals surface area contributed by atoms with Crippen molar-refractivity contribution in [1.29, 1.82) is 0 Å². The van der Waals surface area contributed by atoms with Gasteiger partial charge in [0.25, 0.3) is 5.91 Å². The lowest BCUT2D eigenvalue weighted by Gasteiger charge is -2.26. The molecule has 1 saturated heterocycles. The summed E-state index contributed by atoms with van der Waals surface area (Å²) in [6.07, 6.45) is -0.596. The Labute approximate surface area is 229 Å². The van der Waals surface area contributed by atoms with Crippen LogP contribution in [0, 0.1) is 5.82 Å². The van der Waals surface area contributed by atoms with E-state index in [1.807, 2.05) is 0 Å². The van der Waals surface area contributed by atoms with Gasteiger partial charge in [-0.2, -0.15) is 0 Å². The van der Waals surface area contributed by atoms with Gasteiger partial charge in [-0.15, -0.1) is 0 Å². The zero-order chi connectivity index (χ0) is 29.1. The zero-order valence-electron chi connectivity index (χ0n) is 23.6. The Morgan fingerprint density at radius 2 is 1.95 bits per heavy atom. The summed E-state index contributed by atoms with van der Waals surface area (Å²) in [7, 11) is 0. The molecule has 2 N–H and O–H groups in total. The predicted molar refractivity (Wildman–Crippen MR) is 141 cm³/mol. The normalized spacial score (nSPS) is 17.8. The maximum Gasteiger partial charge on any atom is 0.306 e. The van der Waals surface area contributed by atoms with Crippen molar-refractivity contribution >= 4 is 17.8 Å². The van der Waals surface area contributed by atoms with E-state index in [4.69, 9.17) is 21.3 Å². The van der Waals surface area contributed by atoms with Crippen LogP contribution < -0.4 is 10.5 Å². The molecule has 0 spiro atoms. The van der Waals surface area contributed by atoms with Gasteiger partial charge in [-0.3, -0.25) is 19.3 Å². The Morgan fingerprint density at radius 1 is 1.21 bits per heavy atom. The smallest absolute Gasteiger partial charge is 0.306 e. The van der Waals surface area contributed by atoms with Crippen LogP contribution in [0.5, 0.6) is 5.75 Å². The fraction of sp³-hybridized carbons (Fsp3) is 0.483. The second kappa shape index (κ2) is 12.1. The lowest BCUT2D eigenvalue weighted by atomic mass is 10.1. The van der Waals surface area contributed by atoms with Crippen molar-refractivity contribution in [2.45, 2.75) is 64.9 Å². The molecular formula is C29H36FN3O6. The van der Waals surface area contributed by atoms with Gasteiger partial charge in [0, 0.05) is 42.7 Å². The van der Waals surface area contributed by atoms with Gasteiger partial charge in [0.15, 0.2) is 0 Å². The topological polar surface area (TPSA) is 111 Å². The molecule has 2 heterocycles. The fourth-order valence-corrected chi connectivity index (χ4v) is 4.67. The van der Waals surface area contributed by atoms with Crippen LogP contribution in [0.1, 0.15) is 62.0 Å². The molecule has 1 unspecified atom stereocenters. The minimum Gasteiger partial charge on any atom is -0.488 e. The maximum atomic E-state index is 14.7. The van der Waals surface area contributed by atoms with Crippen molar-refractivity contribution in [1.82, 2.24) is 9.80 Å². The minimum atomic E-state index is -2.18. The van der Waals surface area contributed by atoms with Gasteiger partial charge < -0.3 is 24.8 Å². The van der Waals surface area contributed by atoms with Gasteiger partial charge in [0.2, 0.25) is 5.91 Å². The molecule has 2 aliphatic heterocycles. The summed E-state index contributed by atoms with van der Waals surface area (Å²) >= 11 is 0. The number of nitrogens with zero attached hydrogens (tertiary/aromatic N) is 2. The minimum absolute atomic E-state index is 0.0755. The second-order valence-corrected chi connectivity index (χ2v) is 10.7. The monoisotopic (exact) mass is 542 g/mol. The summed E-state index contributed by atoms with van der Waals surface area (Å²) in [5.41, 5.74) is 6.89. The molecule has 0 aromatic heterocycles. The first-order valence-corrected chi connectivity index (χ1v) is 13.0. The standard InChI is InChI=1S/C29H36FN3O6/c1-29(2,3)39-26(34)10-9-24(27(31)35)33-17-22-21(28(33)36)5-4-6-25(22)38-18-20-15-19(7-8-23(20)30)16-32-11-13-37-14-12-32/h4-8,15,24H,9-14,16-18H2,1-3H3,(H2,31,35)/i24D. The summed E-state index contributed by atoms with van der Waals surface area (Å²) in [6, 6.07) is 7.61. The molecular weight excluding hydrogens is 505 g/mol. The van der Waals surface area contributed by atoms with Crippen LogP contribution in [0.25, 0.3) is 0 Å². The van der Waals surface area contributed by atoms with E-state index in [-0.39, 0.29) is 31.6 Å². The van der Waals surface area contributed by atoms with Crippen molar-refractivity contribution < 1.29 is 34.4 Å². The van der Waals surface area contributed by atoms with E-state index in [9.17, 15) is 18.8 Å². The first kappa shape index (κ1) is 27.1. The highest BCUT2D eigenvalue weighted by atomic mass is 19.1. The average molecular weight is 543 g/mol. The summed E-state index contributed by atoms with van der Waals surface area (Å²) in [5, 5.41) is 0. The largest absolute Gasteiger partial charge is 0.488 e. The molecule has 10 heteroatoms. The van der Waals surface area contributed by atoms with Gasteiger partial charge in [-0.1, -0.05) is 12.1 Å². The fourth-order valence-electron chi connectivity index (χ4n) is 4.67. The van der Waals surface area contributed by atoms with Crippen LogP contribution in [-0.4, -0.2) is 65.5 Å². The number of esters is 1. The van der Waals surface area contributed by atoms with E-state index in [2.05, 4.69) is 4.90 Å². The molecule has 2 aliphatic rings. The number of nitrogens with two attached hydrogens (primary N) is 1. The first-order valence-electron chi connectivity index (χ1n) is 13.5. The van der Waals surface area contributed by atoms with Gasteiger partial charge >= 0.3 is 5.97 Å². The van der Waals surface area contributed by atoms with E-state index in [0.717, 1.165) is 23.6 Å². The van der Waals surface area contributed by atoms with Gasteiger partial charge in [-0.25, -0.2) is 4.39 Å². The van der Waals surface area contributed by atoms with Crippen molar-refractivity contribution in [2.75, 3.05) is 26.3 Å². The summed E-state index contributed by atoms with van der Waals surface area (Å²) in [4.78, 5) is 41.2. The lowest BCUT2D eigenvalue weighted by Crippen LogP contribution is -2.45. The van der Waals surface area contributed by atoms with E-state index >= 15 is 0 Å². The number of hydrogen-bond acceptors (Lipinski definition) is 7. The zero-order valence-corrected chi connectivity index (χ0v) is 22.6. The molecule has 2 aromatic carbocycles. The molecule has 2 amide bonds. The average Bonchev–Trinajstić information content (AvgIpc) is 3.24. The quantitative estimate of drug-likeness (QED) is 0.459. The second-order valence-electron chi connectivity index (χ2n) is 10.7. The summed E-state index contributed by atoms with van der Waals surface area (Å²) in [5.74, 6) is -2.30. The third-order valence-corrected chi connectivity index (χ3v) is 6.52. The van der Waals surface area contributed by atoms with Crippen molar-refractivity contribution in [3.63, 3.8) is 0 Å². The number of fused-ring (bicyclic) bond motifs is 1. The number of rotatable bonds is 10. The Morgan fingerprint density at radius 3 is 2.64 bits per heavy atom. The Kier molecular flexibility index (Phi) is 8.42. The third kappa shape index (κ3) is 7.33. The van der Waals surface area contributed by atoms with E-state index in [1.165, 1.54) is 6.07 Å². The summed E-state index contributed by atoms with van der Waals surface area (Å²) < 4.78 is 40.1. The van der Waals surface area contributed by atoms with E-state index in [1.54, 1.807) is 51.1 Å². The van der Waals surface area contributed by atoms with Crippen molar-refractivity contribution in [3.05, 3.63) is 64.5 Å². The van der Waals surface area contributed by atoms with Crippen LogP contribution in [0.15, 0.2) is 36.4 Å². The van der Waals surface area contributed by atoms with E-state index in [0.29, 0.717) is 36.6 Å². The number of amides is 2. The highest BCUT2D eigenvalue weighted by Gasteiger charge is 2.37. The van der Waals surface area contributed by atoms with Gasteiger partial charge in [0.05, 0.1) is 21.1 Å². The Bertz CT molecular complexity index is 1280. The number of ether oxygens (including phenoxy) is 3.